The summed E-state index contributed by atoms with van der Waals surface area (Å²) >= 11 is 0. The molecule has 5 heteroatoms. The van der Waals surface area contributed by atoms with E-state index < -0.39 is 0 Å². The number of amides is 1. The largest absolute Gasteiger partial charge is 0.396 e. The van der Waals surface area contributed by atoms with Crippen molar-refractivity contribution in [2.45, 2.75) is 19.8 Å². The molecular formula is C8H20N2O3. The summed E-state index contributed by atoms with van der Waals surface area (Å²) in [6.45, 7) is 2.98. The van der Waals surface area contributed by atoms with Crippen molar-refractivity contribution in [1.82, 2.24) is 5.32 Å². The maximum atomic E-state index is 10.1. The summed E-state index contributed by atoms with van der Waals surface area (Å²) < 4.78 is 0. The van der Waals surface area contributed by atoms with Crippen molar-refractivity contribution in [3.63, 3.8) is 0 Å². The van der Waals surface area contributed by atoms with Crippen molar-refractivity contribution >= 4 is 5.91 Å². The van der Waals surface area contributed by atoms with Crippen molar-refractivity contribution in [2.75, 3.05) is 26.3 Å². The van der Waals surface area contributed by atoms with E-state index in [1.807, 2.05) is 0 Å². The Morgan fingerprint density at radius 3 is 2.08 bits per heavy atom. The minimum absolute atomic E-state index is 0.0431. The molecule has 0 atom stereocenters. The molecule has 1 amide bonds. The zero-order valence-electron chi connectivity index (χ0n) is 8.12. The Kier molecular flexibility index (Phi) is 15.9. The second-order valence-corrected chi connectivity index (χ2v) is 2.43. The van der Waals surface area contributed by atoms with Gasteiger partial charge in [-0.3, -0.25) is 4.79 Å². The van der Waals surface area contributed by atoms with Gasteiger partial charge in [-0.15, -0.1) is 0 Å². The highest BCUT2D eigenvalue weighted by molar-refractivity contribution is 5.72. The molecule has 80 valence electrons. The molecule has 0 saturated carbocycles. The average Bonchev–Trinajstić information content (AvgIpc) is 2.07. The van der Waals surface area contributed by atoms with Gasteiger partial charge in [0, 0.05) is 26.7 Å². The fourth-order valence-corrected chi connectivity index (χ4v) is 0.435. The van der Waals surface area contributed by atoms with Crippen LogP contribution in [0.5, 0.6) is 0 Å². The second-order valence-electron chi connectivity index (χ2n) is 2.43. The van der Waals surface area contributed by atoms with Gasteiger partial charge in [0.1, 0.15) is 0 Å². The lowest BCUT2D eigenvalue weighted by Crippen LogP contribution is -2.21. The van der Waals surface area contributed by atoms with Crippen molar-refractivity contribution < 1.29 is 15.0 Å². The van der Waals surface area contributed by atoms with Gasteiger partial charge in [0.25, 0.3) is 0 Å². The lowest BCUT2D eigenvalue weighted by molar-refractivity contribution is -0.118. The van der Waals surface area contributed by atoms with E-state index in [0.717, 1.165) is 6.42 Å². The molecule has 0 heterocycles. The minimum atomic E-state index is -0.0431. The van der Waals surface area contributed by atoms with E-state index in [2.05, 4.69) is 5.32 Å². The van der Waals surface area contributed by atoms with Gasteiger partial charge in [-0.05, 0) is 19.4 Å². The van der Waals surface area contributed by atoms with Crippen molar-refractivity contribution in [3.05, 3.63) is 0 Å². The van der Waals surface area contributed by atoms with Crippen LogP contribution in [0.3, 0.4) is 0 Å². The molecule has 0 fully saturated rings. The topological polar surface area (TPSA) is 95.6 Å². The van der Waals surface area contributed by atoms with E-state index in [0.29, 0.717) is 19.5 Å². The van der Waals surface area contributed by atoms with Gasteiger partial charge in [-0.1, -0.05) is 0 Å². The SMILES string of the molecule is CC(=O)NCCCO.NCCCO. The third-order valence-corrected chi connectivity index (χ3v) is 1.07. The normalized spacial score (nSPS) is 8.62. The Morgan fingerprint density at radius 2 is 1.85 bits per heavy atom. The van der Waals surface area contributed by atoms with Crippen LogP contribution < -0.4 is 11.1 Å². The highest BCUT2D eigenvalue weighted by Crippen LogP contribution is 1.70. The van der Waals surface area contributed by atoms with Gasteiger partial charge >= 0.3 is 0 Å². The average molecular weight is 192 g/mol. The smallest absolute Gasteiger partial charge is 0.216 e. The van der Waals surface area contributed by atoms with Crippen LogP contribution in [0.2, 0.25) is 0 Å². The highest BCUT2D eigenvalue weighted by atomic mass is 16.3. The van der Waals surface area contributed by atoms with Crippen LogP contribution in [0.25, 0.3) is 0 Å². The first-order valence-electron chi connectivity index (χ1n) is 4.35. The Bertz CT molecular complexity index is 108. The minimum Gasteiger partial charge on any atom is -0.396 e. The Balaban J connectivity index is 0. The molecule has 0 saturated heterocycles. The highest BCUT2D eigenvalue weighted by Gasteiger charge is 1.86. The molecule has 0 unspecified atom stereocenters. The fourth-order valence-electron chi connectivity index (χ4n) is 0.435. The molecule has 13 heavy (non-hydrogen) atoms. The number of carbonyl (C=O) groups is 1. The van der Waals surface area contributed by atoms with Crippen LogP contribution in [0, 0.1) is 0 Å². The predicted octanol–water partition coefficient (Wildman–Crippen LogP) is -1.17. The number of aliphatic hydroxyl groups excluding tert-OH is 2. The van der Waals surface area contributed by atoms with E-state index in [1.165, 1.54) is 6.92 Å². The van der Waals surface area contributed by atoms with E-state index in [4.69, 9.17) is 15.9 Å². The Hall–Kier alpha value is -0.650. The van der Waals surface area contributed by atoms with Gasteiger partial charge in [-0.2, -0.15) is 0 Å². The van der Waals surface area contributed by atoms with Crippen molar-refractivity contribution in [2.24, 2.45) is 5.73 Å². The number of nitrogens with two attached hydrogens (primary N) is 1. The van der Waals surface area contributed by atoms with E-state index >= 15 is 0 Å². The number of hydrogen-bond acceptors (Lipinski definition) is 4. The van der Waals surface area contributed by atoms with E-state index in [9.17, 15) is 4.79 Å². The van der Waals surface area contributed by atoms with Crippen LogP contribution in [-0.2, 0) is 4.79 Å². The molecule has 0 aromatic carbocycles. The molecule has 0 bridgehead atoms. The van der Waals surface area contributed by atoms with Crippen molar-refractivity contribution in [3.8, 4) is 0 Å². The van der Waals surface area contributed by atoms with E-state index in [1.54, 1.807) is 0 Å². The lowest BCUT2D eigenvalue weighted by Gasteiger charge is -1.96. The summed E-state index contributed by atoms with van der Waals surface area (Å²) in [5, 5.41) is 18.8. The predicted molar refractivity (Wildman–Crippen MR) is 51.1 cm³/mol. The van der Waals surface area contributed by atoms with Gasteiger partial charge in [0.05, 0.1) is 0 Å². The summed E-state index contributed by atoms with van der Waals surface area (Å²) in [4.78, 5) is 10.1. The number of hydrogen-bond donors (Lipinski definition) is 4. The summed E-state index contributed by atoms with van der Waals surface area (Å²) in [5.41, 5.74) is 4.98. The zero-order chi connectivity index (χ0) is 10.5. The van der Waals surface area contributed by atoms with Gasteiger partial charge in [-0.25, -0.2) is 0 Å². The second kappa shape index (κ2) is 13.9. The standard InChI is InChI=1S/C5H11NO2.C3H9NO/c1-5(8)6-3-2-4-7;4-2-1-3-5/h7H,2-4H2,1H3,(H,6,8);5H,1-4H2. The number of carbonyl (C=O) groups excluding carboxylic acids is 1. The first-order chi connectivity index (χ1) is 6.18. The quantitative estimate of drug-likeness (QED) is 0.413. The third-order valence-electron chi connectivity index (χ3n) is 1.07. The van der Waals surface area contributed by atoms with Crippen LogP contribution in [0.1, 0.15) is 19.8 Å². The molecule has 0 radical (unpaired) electrons. The Labute approximate surface area is 78.9 Å². The molecule has 0 rings (SSSR count). The van der Waals surface area contributed by atoms with Crippen LogP contribution >= 0.6 is 0 Å². The lowest BCUT2D eigenvalue weighted by atomic mass is 10.4. The first-order valence-corrected chi connectivity index (χ1v) is 4.35. The maximum absolute atomic E-state index is 10.1. The fraction of sp³-hybridized carbons (Fsp3) is 0.875. The molecule has 0 aliphatic heterocycles. The summed E-state index contributed by atoms with van der Waals surface area (Å²) in [5.74, 6) is -0.0431. The summed E-state index contributed by atoms with van der Waals surface area (Å²) in [7, 11) is 0. The number of rotatable bonds is 5. The number of aliphatic hydroxyl groups is 2. The zero-order valence-corrected chi connectivity index (χ0v) is 8.12. The Morgan fingerprint density at radius 1 is 1.31 bits per heavy atom. The number of nitrogens with one attached hydrogen (secondary N) is 1. The monoisotopic (exact) mass is 192 g/mol. The molecule has 0 aliphatic rings. The third kappa shape index (κ3) is 24.6. The van der Waals surface area contributed by atoms with Crippen LogP contribution in [0.4, 0.5) is 0 Å². The maximum Gasteiger partial charge on any atom is 0.216 e. The van der Waals surface area contributed by atoms with Crippen LogP contribution in [-0.4, -0.2) is 42.4 Å². The van der Waals surface area contributed by atoms with Gasteiger partial charge in [0.15, 0.2) is 0 Å². The molecule has 0 spiro atoms. The molecule has 0 aliphatic carbocycles. The molecular weight excluding hydrogens is 172 g/mol. The summed E-state index contributed by atoms with van der Waals surface area (Å²) in [6.07, 6.45) is 1.36. The molecule has 5 nitrogen and oxygen atoms in total. The first kappa shape index (κ1) is 14.9. The molecule has 5 N–H and O–H groups in total. The van der Waals surface area contributed by atoms with Crippen molar-refractivity contribution in [1.29, 1.82) is 0 Å². The van der Waals surface area contributed by atoms with Gasteiger partial charge in [0.2, 0.25) is 5.91 Å². The molecule has 0 aromatic rings. The van der Waals surface area contributed by atoms with Crippen LogP contribution in [0.15, 0.2) is 0 Å². The summed E-state index contributed by atoms with van der Waals surface area (Å²) in [6, 6.07) is 0. The van der Waals surface area contributed by atoms with Gasteiger partial charge < -0.3 is 21.3 Å². The molecule has 0 aromatic heterocycles. The van der Waals surface area contributed by atoms with E-state index in [-0.39, 0.29) is 19.1 Å².